The first-order valence-corrected chi connectivity index (χ1v) is 7.16. The van der Waals surface area contributed by atoms with Crippen LogP contribution < -0.4 is 15.4 Å². The lowest BCUT2D eigenvalue weighted by Crippen LogP contribution is -2.51. The van der Waals surface area contributed by atoms with Crippen LogP contribution in [-0.4, -0.2) is 43.7 Å². The zero-order chi connectivity index (χ0) is 13.8. The van der Waals surface area contributed by atoms with Gasteiger partial charge in [0.25, 0.3) is 0 Å². The molecule has 4 nitrogen and oxygen atoms in total. The van der Waals surface area contributed by atoms with Crippen LogP contribution in [-0.2, 0) is 0 Å². The SMILES string of the molecule is CCOc1cc(N)cc(N2CCN(CC)C(C)C2)c1. The molecule has 1 heterocycles. The van der Waals surface area contributed by atoms with E-state index in [4.69, 9.17) is 10.5 Å². The molecule has 19 heavy (non-hydrogen) atoms. The molecule has 1 atom stereocenters. The lowest BCUT2D eigenvalue weighted by Gasteiger charge is -2.40. The van der Waals surface area contributed by atoms with E-state index in [0.29, 0.717) is 12.6 Å². The summed E-state index contributed by atoms with van der Waals surface area (Å²) in [6.07, 6.45) is 0. The number of nitrogen functional groups attached to an aromatic ring is 1. The van der Waals surface area contributed by atoms with Gasteiger partial charge in [-0.25, -0.2) is 0 Å². The Labute approximate surface area is 116 Å². The molecule has 1 fully saturated rings. The van der Waals surface area contributed by atoms with Gasteiger partial charge in [-0.3, -0.25) is 4.90 Å². The number of hydrogen-bond donors (Lipinski definition) is 1. The lowest BCUT2D eigenvalue weighted by atomic mass is 10.1. The molecule has 0 amide bonds. The minimum absolute atomic E-state index is 0.579. The Morgan fingerprint density at radius 1 is 1.26 bits per heavy atom. The molecule has 4 heteroatoms. The van der Waals surface area contributed by atoms with Crippen LogP contribution >= 0.6 is 0 Å². The second kappa shape index (κ2) is 6.15. The highest BCUT2D eigenvalue weighted by molar-refractivity contribution is 5.60. The first-order chi connectivity index (χ1) is 9.13. The van der Waals surface area contributed by atoms with Crippen molar-refractivity contribution in [1.29, 1.82) is 0 Å². The fraction of sp³-hybridized carbons (Fsp3) is 0.600. The molecule has 0 bridgehead atoms. The summed E-state index contributed by atoms with van der Waals surface area (Å²) < 4.78 is 5.57. The Morgan fingerprint density at radius 3 is 2.68 bits per heavy atom. The van der Waals surface area contributed by atoms with Crippen molar-refractivity contribution in [3.8, 4) is 5.75 Å². The fourth-order valence-corrected chi connectivity index (χ4v) is 2.74. The van der Waals surface area contributed by atoms with E-state index in [-0.39, 0.29) is 0 Å². The number of rotatable bonds is 4. The maximum Gasteiger partial charge on any atom is 0.123 e. The molecule has 0 radical (unpaired) electrons. The normalized spacial score (nSPS) is 20.6. The predicted octanol–water partition coefficient (Wildman–Crippen LogP) is 2.20. The van der Waals surface area contributed by atoms with Crippen molar-refractivity contribution >= 4 is 11.4 Å². The van der Waals surface area contributed by atoms with E-state index >= 15 is 0 Å². The molecule has 1 saturated heterocycles. The summed E-state index contributed by atoms with van der Waals surface area (Å²) in [5, 5.41) is 0. The van der Waals surface area contributed by atoms with Crippen molar-refractivity contribution in [3.05, 3.63) is 18.2 Å². The smallest absolute Gasteiger partial charge is 0.123 e. The van der Waals surface area contributed by atoms with Crippen molar-refractivity contribution in [3.63, 3.8) is 0 Å². The monoisotopic (exact) mass is 263 g/mol. The van der Waals surface area contributed by atoms with Gasteiger partial charge in [0.05, 0.1) is 6.61 Å². The van der Waals surface area contributed by atoms with Crippen LogP contribution in [0.5, 0.6) is 5.75 Å². The van der Waals surface area contributed by atoms with E-state index in [1.54, 1.807) is 0 Å². The number of likely N-dealkylation sites (N-methyl/N-ethyl adjacent to an activating group) is 1. The van der Waals surface area contributed by atoms with Crippen molar-refractivity contribution in [1.82, 2.24) is 4.90 Å². The Balaban J connectivity index is 2.13. The van der Waals surface area contributed by atoms with Gasteiger partial charge >= 0.3 is 0 Å². The number of anilines is 2. The van der Waals surface area contributed by atoms with E-state index in [0.717, 1.165) is 37.6 Å². The molecule has 1 unspecified atom stereocenters. The molecule has 1 aromatic rings. The molecule has 106 valence electrons. The van der Waals surface area contributed by atoms with E-state index < -0.39 is 0 Å². The Hall–Kier alpha value is -1.42. The van der Waals surface area contributed by atoms with Crippen LogP contribution in [0.1, 0.15) is 20.8 Å². The molecule has 1 aliphatic rings. The molecule has 1 aliphatic heterocycles. The highest BCUT2D eigenvalue weighted by atomic mass is 16.5. The summed E-state index contributed by atoms with van der Waals surface area (Å²) in [7, 11) is 0. The van der Waals surface area contributed by atoms with Crippen LogP contribution in [0.25, 0.3) is 0 Å². The Kier molecular flexibility index (Phi) is 4.53. The van der Waals surface area contributed by atoms with Crippen molar-refractivity contribution in [2.24, 2.45) is 0 Å². The standard InChI is InChI=1S/C15H25N3O/c1-4-17-6-7-18(11-12(17)3)14-8-13(16)9-15(10-14)19-5-2/h8-10,12H,4-7,11,16H2,1-3H3. The van der Waals surface area contributed by atoms with Crippen molar-refractivity contribution in [2.75, 3.05) is 43.4 Å². The summed E-state index contributed by atoms with van der Waals surface area (Å²) in [5.74, 6) is 0.864. The van der Waals surface area contributed by atoms with Gasteiger partial charge in [0.15, 0.2) is 0 Å². The van der Waals surface area contributed by atoms with Crippen LogP contribution in [0.15, 0.2) is 18.2 Å². The van der Waals surface area contributed by atoms with Crippen LogP contribution in [0.3, 0.4) is 0 Å². The molecule has 1 aromatic carbocycles. The second-order valence-electron chi connectivity index (χ2n) is 5.12. The van der Waals surface area contributed by atoms with E-state index in [9.17, 15) is 0 Å². The molecule has 0 saturated carbocycles. The maximum absolute atomic E-state index is 5.97. The average Bonchev–Trinajstić information content (AvgIpc) is 2.38. The topological polar surface area (TPSA) is 41.7 Å². The third-order valence-corrected chi connectivity index (χ3v) is 3.76. The van der Waals surface area contributed by atoms with Gasteiger partial charge in [0.1, 0.15) is 5.75 Å². The predicted molar refractivity (Wildman–Crippen MR) is 80.9 cm³/mol. The molecular weight excluding hydrogens is 238 g/mol. The lowest BCUT2D eigenvalue weighted by molar-refractivity contribution is 0.199. The molecular formula is C15H25N3O. The Morgan fingerprint density at radius 2 is 2.05 bits per heavy atom. The van der Waals surface area contributed by atoms with Gasteiger partial charge < -0.3 is 15.4 Å². The third-order valence-electron chi connectivity index (χ3n) is 3.76. The average molecular weight is 263 g/mol. The minimum atomic E-state index is 0.579. The van der Waals surface area contributed by atoms with E-state index in [1.165, 1.54) is 5.69 Å². The third kappa shape index (κ3) is 3.32. The minimum Gasteiger partial charge on any atom is -0.494 e. The molecule has 2 rings (SSSR count). The highest BCUT2D eigenvalue weighted by Crippen LogP contribution is 2.27. The van der Waals surface area contributed by atoms with Crippen molar-refractivity contribution < 1.29 is 4.74 Å². The number of hydrogen-bond acceptors (Lipinski definition) is 4. The number of benzene rings is 1. The van der Waals surface area contributed by atoms with Crippen molar-refractivity contribution in [2.45, 2.75) is 26.8 Å². The Bertz CT molecular complexity index is 422. The van der Waals surface area contributed by atoms with Gasteiger partial charge in [-0.2, -0.15) is 0 Å². The van der Waals surface area contributed by atoms with Crippen LogP contribution in [0.4, 0.5) is 11.4 Å². The maximum atomic E-state index is 5.97. The second-order valence-corrected chi connectivity index (χ2v) is 5.12. The molecule has 0 aromatic heterocycles. The largest absolute Gasteiger partial charge is 0.494 e. The van der Waals surface area contributed by atoms with Gasteiger partial charge in [-0.05, 0) is 26.5 Å². The van der Waals surface area contributed by atoms with E-state index in [2.05, 4.69) is 29.7 Å². The number of nitrogens with two attached hydrogens (primary N) is 1. The molecule has 2 N–H and O–H groups in total. The van der Waals surface area contributed by atoms with Crippen LogP contribution in [0, 0.1) is 0 Å². The number of ether oxygens (including phenoxy) is 1. The first kappa shape index (κ1) is 14.0. The zero-order valence-corrected chi connectivity index (χ0v) is 12.2. The molecule has 0 aliphatic carbocycles. The van der Waals surface area contributed by atoms with E-state index in [1.807, 2.05) is 19.1 Å². The fourth-order valence-electron chi connectivity index (χ4n) is 2.74. The van der Waals surface area contributed by atoms with Gasteiger partial charge in [0, 0.05) is 49.2 Å². The first-order valence-electron chi connectivity index (χ1n) is 7.16. The van der Waals surface area contributed by atoms with Crippen LogP contribution in [0.2, 0.25) is 0 Å². The summed E-state index contributed by atoms with van der Waals surface area (Å²) in [4.78, 5) is 4.90. The summed E-state index contributed by atoms with van der Waals surface area (Å²) in [5.41, 5.74) is 7.91. The van der Waals surface area contributed by atoms with Gasteiger partial charge in [0.2, 0.25) is 0 Å². The number of piperazine rings is 1. The zero-order valence-electron chi connectivity index (χ0n) is 12.2. The van der Waals surface area contributed by atoms with Gasteiger partial charge in [-0.15, -0.1) is 0 Å². The molecule has 0 spiro atoms. The summed E-state index contributed by atoms with van der Waals surface area (Å²) >= 11 is 0. The quantitative estimate of drug-likeness (QED) is 0.846. The summed E-state index contributed by atoms with van der Waals surface area (Å²) in [6.45, 7) is 11.5. The number of nitrogens with zero attached hydrogens (tertiary/aromatic N) is 2. The highest BCUT2D eigenvalue weighted by Gasteiger charge is 2.22. The van der Waals surface area contributed by atoms with Gasteiger partial charge in [-0.1, -0.05) is 6.92 Å². The summed E-state index contributed by atoms with van der Waals surface area (Å²) in [6, 6.07) is 6.60.